The van der Waals surface area contributed by atoms with Crippen LogP contribution in [0.25, 0.3) is 0 Å². The van der Waals surface area contributed by atoms with Crippen LogP contribution in [0.5, 0.6) is 5.75 Å². The smallest absolute Gasteiger partial charge is 0.325 e. The lowest BCUT2D eigenvalue weighted by atomic mass is 9.87. The molecule has 54 heavy (non-hydrogen) atoms. The number of Topliss-reactive ketones (excluding diaryl/α,β-unsaturated/α-hetero) is 1. The highest BCUT2D eigenvalue weighted by molar-refractivity contribution is 5.83. The number of rotatable bonds is 22. The quantitative estimate of drug-likeness (QED) is 0.0502. The van der Waals surface area contributed by atoms with Gasteiger partial charge in [-0.25, -0.2) is 5.43 Å². The third kappa shape index (κ3) is 17.7. The number of ketones is 1. The Labute approximate surface area is 320 Å². The van der Waals surface area contributed by atoms with Crippen LogP contribution in [-0.4, -0.2) is 103 Å². The number of aromatic hydroxyl groups is 1. The molecule has 1 aliphatic heterocycles. The van der Waals surface area contributed by atoms with E-state index in [-0.39, 0.29) is 35.8 Å². The molecule has 1 aromatic rings. The lowest BCUT2D eigenvalue weighted by Crippen LogP contribution is -2.59. The summed E-state index contributed by atoms with van der Waals surface area (Å²) < 4.78 is 5.81. The van der Waals surface area contributed by atoms with Crippen LogP contribution in [0.4, 0.5) is 0 Å². The second kappa shape index (κ2) is 26.5. The first-order valence-electron chi connectivity index (χ1n) is 18.6. The molecule has 0 aliphatic carbocycles. The summed E-state index contributed by atoms with van der Waals surface area (Å²) in [5.41, 5.74) is 4.38. The van der Waals surface area contributed by atoms with Crippen molar-refractivity contribution in [2.45, 2.75) is 110 Å². The fraction of sp³-hybridized carbons (Fsp3) is 0.561. The fourth-order valence-electron chi connectivity index (χ4n) is 5.76. The molecule has 1 heterocycles. The van der Waals surface area contributed by atoms with Gasteiger partial charge in [-0.3, -0.25) is 19.4 Å². The van der Waals surface area contributed by atoms with Crippen molar-refractivity contribution in [2.75, 3.05) is 20.6 Å². The first kappa shape index (κ1) is 47.7. The number of nitrogens with one attached hydrogen (secondary N) is 3. The summed E-state index contributed by atoms with van der Waals surface area (Å²) in [4.78, 5) is 70.4. The van der Waals surface area contributed by atoms with Crippen LogP contribution in [0.1, 0.15) is 78.7 Å². The van der Waals surface area contributed by atoms with Crippen LogP contribution < -0.4 is 16.1 Å². The summed E-state index contributed by atoms with van der Waals surface area (Å²) in [6, 6.07) is 5.42. The van der Waals surface area contributed by atoms with Crippen molar-refractivity contribution in [3.63, 3.8) is 0 Å². The van der Waals surface area contributed by atoms with E-state index in [4.69, 9.17) is 4.74 Å². The van der Waals surface area contributed by atoms with E-state index in [1.807, 2.05) is 39.0 Å². The summed E-state index contributed by atoms with van der Waals surface area (Å²) in [6.07, 6.45) is 12.2. The van der Waals surface area contributed by atoms with E-state index in [9.17, 15) is 39.0 Å². The van der Waals surface area contributed by atoms with Crippen LogP contribution in [0.3, 0.4) is 0 Å². The number of amides is 1. The van der Waals surface area contributed by atoms with Gasteiger partial charge in [-0.1, -0.05) is 57.2 Å². The number of hydrogen-bond acceptors (Lipinski definition) is 12. The predicted octanol–water partition coefficient (Wildman–Crippen LogP) is 3.58. The Bertz CT molecular complexity index is 1430. The molecule has 1 saturated heterocycles. The molecular formula is C41H62N4O9. The van der Waals surface area contributed by atoms with E-state index in [0.29, 0.717) is 69.1 Å². The summed E-state index contributed by atoms with van der Waals surface area (Å²) in [5.74, 6) is -1.05. The van der Waals surface area contributed by atoms with Crippen molar-refractivity contribution < 1.29 is 43.7 Å². The molecule has 2 rings (SSSR count). The van der Waals surface area contributed by atoms with E-state index in [1.54, 1.807) is 51.4 Å². The van der Waals surface area contributed by atoms with E-state index in [0.717, 1.165) is 11.8 Å². The summed E-state index contributed by atoms with van der Waals surface area (Å²) in [6.45, 7) is 9.45. The van der Waals surface area contributed by atoms with Gasteiger partial charge in [-0.05, 0) is 101 Å². The number of hydrogen-bond donors (Lipinski definition) is 5. The molecule has 1 aromatic carbocycles. The van der Waals surface area contributed by atoms with Crippen LogP contribution >= 0.6 is 0 Å². The van der Waals surface area contributed by atoms with Gasteiger partial charge in [0.25, 0.3) is 5.91 Å². The largest absolute Gasteiger partial charge is 0.508 e. The first-order valence-corrected chi connectivity index (χ1v) is 18.6. The van der Waals surface area contributed by atoms with Crippen LogP contribution in [-0.2, 0) is 39.9 Å². The zero-order valence-corrected chi connectivity index (χ0v) is 32.9. The Kier molecular flexibility index (Phi) is 23.4. The summed E-state index contributed by atoms with van der Waals surface area (Å²) >= 11 is 0. The minimum absolute atomic E-state index is 0.0219. The molecule has 0 saturated carbocycles. The topological polar surface area (TPSA) is 191 Å². The van der Waals surface area contributed by atoms with Gasteiger partial charge in [0, 0.05) is 25.3 Å². The van der Waals surface area contributed by atoms with Crippen LogP contribution in [0.2, 0.25) is 0 Å². The van der Waals surface area contributed by atoms with Gasteiger partial charge in [0.05, 0.1) is 18.2 Å². The van der Waals surface area contributed by atoms with Crippen molar-refractivity contribution in [3.05, 3.63) is 65.8 Å². The molecule has 1 fully saturated rings. The number of phenols is 1. The number of carbonyl (C=O) groups is 6. The lowest BCUT2D eigenvalue weighted by molar-refractivity contribution is -0.155. The number of esters is 1. The van der Waals surface area contributed by atoms with Crippen molar-refractivity contribution in [1.82, 2.24) is 21.1 Å². The lowest BCUT2D eigenvalue weighted by Gasteiger charge is -2.35. The monoisotopic (exact) mass is 754 g/mol. The minimum atomic E-state index is -0.854. The predicted molar refractivity (Wildman–Crippen MR) is 208 cm³/mol. The molecular weight excluding hydrogens is 692 g/mol. The van der Waals surface area contributed by atoms with E-state index >= 15 is 0 Å². The highest BCUT2D eigenvalue weighted by Crippen LogP contribution is 2.21. The molecule has 7 atom stereocenters. The van der Waals surface area contributed by atoms with E-state index < -0.39 is 36.2 Å². The number of phenolic OH excluding ortho intramolecular Hbond substituents is 1. The number of aldehydes is 3. The Morgan fingerprint density at radius 3 is 2.24 bits per heavy atom. The Balaban J connectivity index is 0.00000163. The second-order valence-corrected chi connectivity index (χ2v) is 14.0. The van der Waals surface area contributed by atoms with Gasteiger partial charge in [0.1, 0.15) is 42.5 Å². The third-order valence-corrected chi connectivity index (χ3v) is 9.30. The zero-order valence-electron chi connectivity index (χ0n) is 32.9. The SMILES string of the molecule is CNC(C=O)C(C)C.CNC(Cc1cccc(O)c1)C(=O)N1CCCC(C(=O)O[C@@H](C/C=C/C=C/CC(C)C(O)C(C=O)CCC(C)=O)/C(C)=C/C=O)N1. The second-order valence-electron chi connectivity index (χ2n) is 14.0. The van der Waals surface area contributed by atoms with Crippen molar-refractivity contribution in [1.29, 1.82) is 0 Å². The molecule has 0 radical (unpaired) electrons. The van der Waals surface area contributed by atoms with Crippen molar-refractivity contribution >= 4 is 36.5 Å². The van der Waals surface area contributed by atoms with Crippen molar-refractivity contribution in [2.24, 2.45) is 17.8 Å². The molecule has 0 bridgehead atoms. The number of likely N-dealkylation sites (N-methyl/N-ethyl adjacent to an activating group) is 2. The van der Waals surface area contributed by atoms with Gasteiger partial charge in [0.2, 0.25) is 0 Å². The Morgan fingerprint density at radius 2 is 1.70 bits per heavy atom. The number of aliphatic hydroxyl groups excluding tert-OH is 1. The minimum Gasteiger partial charge on any atom is -0.508 e. The highest BCUT2D eigenvalue weighted by atomic mass is 16.5. The number of nitrogens with zero attached hydrogens (tertiary/aromatic N) is 1. The van der Waals surface area contributed by atoms with E-state index in [2.05, 4.69) is 16.1 Å². The molecule has 5 N–H and O–H groups in total. The maximum absolute atomic E-state index is 13.3. The Morgan fingerprint density at radius 1 is 1.02 bits per heavy atom. The standard InChI is InChI=1S/C35H49N3O8.C6H13NO/c1-24(18-20-39)32(15-8-6-5-7-11-25(2)33(43)28(23-40)17-16-26(3)41)46-35(45)30-14-10-19-38(37-30)34(44)31(36-4)22-27-12-9-13-29(42)21-27;1-5(2)6(4-8)7-3/h5-9,12-13,18,20-21,23,25,28,30-33,36-37,42-43H,10-11,14-17,19,22H2,1-4H3;4-7H,1-3H3/b7-5+,8-6+,24-18+;/t25?,28?,30?,31?,32-,33?;/m0./s1. The molecule has 6 unspecified atom stereocenters. The average molecular weight is 755 g/mol. The van der Waals surface area contributed by atoms with Gasteiger partial charge in [-0.15, -0.1) is 0 Å². The van der Waals surface area contributed by atoms with Crippen LogP contribution in [0.15, 0.2) is 60.2 Å². The van der Waals surface area contributed by atoms with Gasteiger partial charge >= 0.3 is 5.97 Å². The number of hydrazine groups is 1. The number of ether oxygens (including phenoxy) is 1. The average Bonchev–Trinajstić information content (AvgIpc) is 3.15. The van der Waals surface area contributed by atoms with Crippen molar-refractivity contribution in [3.8, 4) is 5.75 Å². The molecule has 1 amide bonds. The molecule has 300 valence electrons. The molecule has 0 spiro atoms. The molecule has 0 aromatic heterocycles. The van der Waals surface area contributed by atoms with Gasteiger partial charge < -0.3 is 40.0 Å². The molecule has 1 aliphatic rings. The Hall–Kier alpha value is -4.30. The summed E-state index contributed by atoms with van der Waals surface area (Å²) in [5, 5.41) is 27.6. The molecule has 13 heteroatoms. The number of aliphatic hydroxyl groups is 1. The zero-order chi connectivity index (χ0) is 40.6. The van der Waals surface area contributed by atoms with Crippen LogP contribution in [0, 0.1) is 17.8 Å². The highest BCUT2D eigenvalue weighted by Gasteiger charge is 2.33. The first-order chi connectivity index (χ1) is 25.7. The summed E-state index contributed by atoms with van der Waals surface area (Å²) in [7, 11) is 3.47. The number of allylic oxidation sites excluding steroid dienone is 4. The van der Waals surface area contributed by atoms with Gasteiger partial charge in [0.15, 0.2) is 0 Å². The maximum atomic E-state index is 13.3. The number of benzene rings is 1. The normalized spacial score (nSPS) is 18.2. The molecule has 13 nitrogen and oxygen atoms in total. The number of carbonyl (C=O) groups excluding carboxylic acids is 6. The fourth-order valence-corrected chi connectivity index (χ4v) is 5.76. The van der Waals surface area contributed by atoms with E-state index in [1.165, 1.54) is 18.0 Å². The third-order valence-electron chi connectivity index (χ3n) is 9.30. The van der Waals surface area contributed by atoms with Gasteiger partial charge in [-0.2, -0.15) is 0 Å². The maximum Gasteiger partial charge on any atom is 0.325 e.